The minimum atomic E-state index is -0.577. The van der Waals surface area contributed by atoms with Crippen LogP contribution in [0, 0.1) is 0 Å². The zero-order chi connectivity index (χ0) is 9.03. The van der Waals surface area contributed by atoms with Gasteiger partial charge >= 0.3 is 85.0 Å². The summed E-state index contributed by atoms with van der Waals surface area (Å²) in [6.45, 7) is 5.03. The topological polar surface area (TPSA) is 0 Å². The fourth-order valence-corrected chi connectivity index (χ4v) is 6.23. The second-order valence-electron chi connectivity index (χ2n) is 4.52. The van der Waals surface area contributed by atoms with Gasteiger partial charge in [0.05, 0.1) is 0 Å². The van der Waals surface area contributed by atoms with Crippen molar-refractivity contribution in [3.05, 3.63) is 0 Å². The van der Waals surface area contributed by atoms with Crippen molar-refractivity contribution in [2.24, 2.45) is 0 Å². The zero-order valence-corrected chi connectivity index (χ0v) is 11.0. The molecule has 0 spiro atoms. The normalized spacial score (nSPS) is 28.8. The number of hydrogen-bond donors (Lipinski definition) is 0. The maximum absolute atomic E-state index is 2.59. The Kier molecular flexibility index (Phi) is 4.35. The third-order valence-corrected chi connectivity index (χ3v) is 11.0. The molecule has 1 fully saturated rings. The van der Waals surface area contributed by atoms with Gasteiger partial charge in [-0.1, -0.05) is 0 Å². The van der Waals surface area contributed by atoms with Crippen LogP contribution in [0.25, 0.3) is 0 Å². The molecule has 74 valence electrons. The number of hydrogen-bond acceptors (Lipinski definition) is 0. The van der Waals surface area contributed by atoms with E-state index in [2.05, 4.69) is 18.8 Å². The van der Waals surface area contributed by atoms with Gasteiger partial charge in [-0.2, -0.15) is 0 Å². The Bertz CT molecular complexity index is 129. The molecule has 0 aromatic rings. The van der Waals surface area contributed by atoms with Gasteiger partial charge in [0.25, 0.3) is 0 Å². The summed E-state index contributed by atoms with van der Waals surface area (Å²) in [6.07, 6.45) is 9.04. The summed E-state index contributed by atoms with van der Waals surface area (Å²) in [5, 5.41) is 0. The van der Waals surface area contributed by atoms with Crippen molar-refractivity contribution in [2.75, 3.05) is 9.36 Å². The molecule has 0 amide bonds. The van der Waals surface area contributed by atoms with Gasteiger partial charge in [0.15, 0.2) is 0 Å². The van der Waals surface area contributed by atoms with Crippen molar-refractivity contribution in [1.29, 1.82) is 0 Å². The minimum absolute atomic E-state index is 0.577. The van der Waals surface area contributed by atoms with Gasteiger partial charge in [-0.3, -0.25) is 0 Å². The van der Waals surface area contributed by atoms with Gasteiger partial charge in [0.1, 0.15) is 0 Å². The van der Waals surface area contributed by atoms with Crippen LogP contribution < -0.4 is 0 Å². The quantitative estimate of drug-likeness (QED) is 0.460. The van der Waals surface area contributed by atoms with Crippen molar-refractivity contribution < 1.29 is 0 Å². The zero-order valence-electron chi connectivity index (χ0n) is 8.83. The van der Waals surface area contributed by atoms with E-state index in [1.54, 1.807) is 4.43 Å². The number of halogens is 1. The standard InChI is InChI=1S/C11H23I/c1-11(2)9-7-5-4-6-8-10-12(11)3/h4-10H2,1-3H3. The first-order valence-electron chi connectivity index (χ1n) is 5.19. The summed E-state index contributed by atoms with van der Waals surface area (Å²) >= 11 is -0.577. The molecule has 1 aliphatic rings. The predicted molar refractivity (Wildman–Crippen MR) is 66.6 cm³/mol. The first-order valence-corrected chi connectivity index (χ1v) is 9.95. The third-order valence-electron chi connectivity index (χ3n) is 3.06. The molecule has 1 saturated heterocycles. The molecule has 0 aliphatic carbocycles. The van der Waals surface area contributed by atoms with E-state index in [-0.39, 0.29) is 0 Å². The van der Waals surface area contributed by atoms with Gasteiger partial charge in [0, 0.05) is 0 Å². The van der Waals surface area contributed by atoms with Gasteiger partial charge in [-0.05, 0) is 0 Å². The van der Waals surface area contributed by atoms with E-state index >= 15 is 0 Å². The van der Waals surface area contributed by atoms with E-state index in [4.69, 9.17) is 0 Å². The SMILES string of the molecule is CI1CCCCCCCC1(C)C. The fraction of sp³-hybridized carbons (Fsp3) is 1.00. The molecule has 0 saturated carbocycles. The predicted octanol–water partition coefficient (Wildman–Crippen LogP) is 4.26. The third kappa shape index (κ3) is 3.23. The average molecular weight is 282 g/mol. The van der Waals surface area contributed by atoms with E-state index in [9.17, 15) is 0 Å². The summed E-state index contributed by atoms with van der Waals surface area (Å²) in [5.41, 5.74) is 0. The van der Waals surface area contributed by atoms with Gasteiger partial charge in [0.2, 0.25) is 0 Å². The Morgan fingerprint density at radius 3 is 2.25 bits per heavy atom. The molecule has 1 heteroatoms. The fourth-order valence-electron chi connectivity index (χ4n) is 1.79. The Labute approximate surface area is 84.9 Å². The molecule has 0 aromatic carbocycles. The summed E-state index contributed by atoms with van der Waals surface area (Å²) in [4.78, 5) is 2.59. The Morgan fingerprint density at radius 1 is 0.917 bits per heavy atom. The summed E-state index contributed by atoms with van der Waals surface area (Å²) in [5.74, 6) is 0. The van der Waals surface area contributed by atoms with E-state index in [1.807, 2.05) is 0 Å². The van der Waals surface area contributed by atoms with Crippen LogP contribution in [-0.2, 0) is 0 Å². The van der Waals surface area contributed by atoms with Gasteiger partial charge in [-0.25, -0.2) is 0 Å². The molecule has 1 heterocycles. The number of alkyl halides is 3. The van der Waals surface area contributed by atoms with Crippen LogP contribution >= 0.6 is 19.8 Å². The van der Waals surface area contributed by atoms with Crippen LogP contribution in [-0.4, -0.2) is 12.8 Å². The van der Waals surface area contributed by atoms with Gasteiger partial charge < -0.3 is 0 Å². The second kappa shape index (κ2) is 4.83. The van der Waals surface area contributed by atoms with Crippen molar-refractivity contribution >= 4 is 19.8 Å². The summed E-state index contributed by atoms with van der Waals surface area (Å²) in [7, 11) is 0. The number of rotatable bonds is 0. The second-order valence-corrected chi connectivity index (χ2v) is 11.9. The molecular formula is C11H23I. The maximum atomic E-state index is 2.59. The van der Waals surface area contributed by atoms with Crippen LogP contribution in [0.1, 0.15) is 52.4 Å². The van der Waals surface area contributed by atoms with Crippen LogP contribution in [0.2, 0.25) is 0 Å². The van der Waals surface area contributed by atoms with E-state index < -0.39 is 19.8 Å². The Morgan fingerprint density at radius 2 is 1.50 bits per heavy atom. The molecule has 12 heavy (non-hydrogen) atoms. The molecule has 1 aliphatic heterocycles. The molecular weight excluding hydrogens is 259 g/mol. The molecule has 0 bridgehead atoms. The van der Waals surface area contributed by atoms with Crippen molar-refractivity contribution in [1.82, 2.24) is 0 Å². The first-order chi connectivity index (χ1) is 5.63. The average Bonchev–Trinajstić information content (AvgIpc) is 2.06. The molecule has 1 rings (SSSR count). The Balaban J connectivity index is 2.47. The summed E-state index contributed by atoms with van der Waals surface area (Å²) in [6, 6.07) is 0. The van der Waals surface area contributed by atoms with E-state index in [0.29, 0.717) is 0 Å². The van der Waals surface area contributed by atoms with E-state index in [1.165, 1.54) is 38.5 Å². The van der Waals surface area contributed by atoms with Crippen molar-refractivity contribution in [2.45, 2.75) is 55.8 Å². The van der Waals surface area contributed by atoms with Crippen molar-refractivity contribution in [3.63, 3.8) is 0 Å². The monoisotopic (exact) mass is 282 g/mol. The van der Waals surface area contributed by atoms with Crippen LogP contribution in [0.5, 0.6) is 0 Å². The Hall–Kier alpha value is 0.730. The summed E-state index contributed by atoms with van der Waals surface area (Å²) < 4.78 is 2.37. The molecule has 0 unspecified atom stereocenters. The van der Waals surface area contributed by atoms with Crippen LogP contribution in [0.4, 0.5) is 0 Å². The van der Waals surface area contributed by atoms with Crippen LogP contribution in [0.15, 0.2) is 0 Å². The molecule has 0 radical (unpaired) electrons. The molecule has 0 N–H and O–H groups in total. The van der Waals surface area contributed by atoms with Crippen LogP contribution in [0.3, 0.4) is 0 Å². The molecule has 0 nitrogen and oxygen atoms in total. The van der Waals surface area contributed by atoms with E-state index in [0.717, 1.165) is 3.42 Å². The van der Waals surface area contributed by atoms with Gasteiger partial charge in [-0.15, -0.1) is 0 Å². The van der Waals surface area contributed by atoms with Crippen molar-refractivity contribution in [3.8, 4) is 0 Å². The first kappa shape index (κ1) is 10.8. The molecule has 0 atom stereocenters. The molecule has 0 aromatic heterocycles.